The summed E-state index contributed by atoms with van der Waals surface area (Å²) in [6.45, 7) is 1.73. The Bertz CT molecular complexity index is 1560. The van der Waals surface area contributed by atoms with Crippen molar-refractivity contribution in [3.05, 3.63) is 83.3 Å². The third-order valence-corrected chi connectivity index (χ3v) is 6.65. The molecule has 0 aliphatic heterocycles. The molecule has 2 aromatic heterocycles. The fourth-order valence-electron chi connectivity index (χ4n) is 3.99. The molecule has 0 saturated carbocycles. The van der Waals surface area contributed by atoms with Crippen LogP contribution in [0.25, 0.3) is 31.7 Å². The molecule has 172 valence electrons. The van der Waals surface area contributed by atoms with Gasteiger partial charge in [0, 0.05) is 28.2 Å². The smallest absolute Gasteiger partial charge is 0.323 e. The van der Waals surface area contributed by atoms with Gasteiger partial charge in [-0.05, 0) is 30.7 Å². The van der Waals surface area contributed by atoms with Gasteiger partial charge in [0.1, 0.15) is 35.2 Å². The summed E-state index contributed by atoms with van der Waals surface area (Å²) in [6, 6.07) is 15.3. The van der Waals surface area contributed by atoms with Gasteiger partial charge in [0.05, 0.1) is 4.70 Å². The second-order valence-corrected chi connectivity index (χ2v) is 8.74. The Morgan fingerprint density at radius 1 is 1.09 bits per heavy atom. The summed E-state index contributed by atoms with van der Waals surface area (Å²) < 4.78 is 49.8. The van der Waals surface area contributed by atoms with Gasteiger partial charge >= 0.3 is 5.97 Å². The third-order valence-electron chi connectivity index (χ3n) is 5.57. The van der Waals surface area contributed by atoms with Crippen LogP contribution in [0.4, 0.5) is 13.2 Å². The lowest BCUT2D eigenvalue weighted by molar-refractivity contribution is -0.137. The highest BCUT2D eigenvalue weighted by atomic mass is 32.1. The number of ether oxygens (including phenoxy) is 1. The predicted octanol–water partition coefficient (Wildman–Crippen LogP) is 6.31. The van der Waals surface area contributed by atoms with Gasteiger partial charge in [-0.3, -0.25) is 4.79 Å². The van der Waals surface area contributed by atoms with Gasteiger partial charge in [-0.25, -0.2) is 18.2 Å². The van der Waals surface area contributed by atoms with Crippen LogP contribution in [-0.2, 0) is 17.9 Å². The van der Waals surface area contributed by atoms with Gasteiger partial charge < -0.3 is 14.4 Å². The maximum absolute atomic E-state index is 14.3. The summed E-state index contributed by atoms with van der Waals surface area (Å²) >= 11 is 0.883. The molecule has 2 heterocycles. The lowest BCUT2D eigenvalue weighted by Crippen LogP contribution is -2.09. The van der Waals surface area contributed by atoms with E-state index < -0.39 is 28.9 Å². The van der Waals surface area contributed by atoms with Crippen molar-refractivity contribution in [2.24, 2.45) is 0 Å². The molecule has 0 saturated heterocycles. The molecule has 0 aliphatic rings. The molecule has 5 nitrogen and oxygen atoms in total. The lowest BCUT2D eigenvalue weighted by atomic mass is 10.1. The number of hydrogen-bond donors (Lipinski definition) is 1. The molecule has 34 heavy (non-hydrogen) atoms. The first-order valence-electron chi connectivity index (χ1n) is 10.3. The molecule has 0 aliphatic carbocycles. The Balaban J connectivity index is 1.67. The van der Waals surface area contributed by atoms with Gasteiger partial charge in [-0.1, -0.05) is 30.3 Å². The van der Waals surface area contributed by atoms with E-state index in [4.69, 9.17) is 4.74 Å². The van der Waals surface area contributed by atoms with E-state index in [0.29, 0.717) is 40.6 Å². The van der Waals surface area contributed by atoms with Crippen molar-refractivity contribution in [3.8, 4) is 16.3 Å². The van der Waals surface area contributed by atoms with Gasteiger partial charge in [0.15, 0.2) is 11.6 Å². The van der Waals surface area contributed by atoms with Crippen LogP contribution in [-0.4, -0.2) is 20.6 Å². The van der Waals surface area contributed by atoms with Crippen molar-refractivity contribution in [3.63, 3.8) is 0 Å². The molecule has 5 aromatic rings. The molecule has 0 unspecified atom stereocenters. The van der Waals surface area contributed by atoms with Gasteiger partial charge in [-0.15, -0.1) is 11.3 Å². The summed E-state index contributed by atoms with van der Waals surface area (Å²) in [5.41, 5.74) is 2.25. The first-order valence-corrected chi connectivity index (χ1v) is 11.1. The van der Waals surface area contributed by atoms with Crippen molar-refractivity contribution in [2.75, 3.05) is 0 Å². The molecule has 1 N–H and O–H groups in total. The standard InChI is InChI=1S/C25H17F3N2O3S/c1-13-21(25-29-23-22(28)17(26)10-18(27)24(23)34-25)16-9-15(33-12-14-5-3-2-4-6-14)7-8-19(16)30(13)11-20(31)32/h2-10H,11-12H2,1H3,(H,31,32). The number of rotatable bonds is 6. The molecule has 9 heteroatoms. The largest absolute Gasteiger partial charge is 0.489 e. The minimum atomic E-state index is -1.32. The molecule has 5 rings (SSSR count). The van der Waals surface area contributed by atoms with E-state index in [1.807, 2.05) is 30.3 Å². The summed E-state index contributed by atoms with van der Waals surface area (Å²) in [4.78, 5) is 15.7. The second kappa shape index (κ2) is 8.49. The fraction of sp³-hybridized carbons (Fsp3) is 0.120. The highest BCUT2D eigenvalue weighted by molar-refractivity contribution is 7.21. The minimum Gasteiger partial charge on any atom is -0.489 e. The number of carboxylic acids is 1. The number of carboxylic acid groups (broad SMARTS) is 1. The number of aromatic nitrogens is 2. The van der Waals surface area contributed by atoms with Crippen molar-refractivity contribution in [1.82, 2.24) is 9.55 Å². The zero-order valence-electron chi connectivity index (χ0n) is 17.8. The Morgan fingerprint density at radius 3 is 2.59 bits per heavy atom. The van der Waals surface area contributed by atoms with Crippen LogP contribution in [0.3, 0.4) is 0 Å². The van der Waals surface area contributed by atoms with E-state index in [9.17, 15) is 23.1 Å². The summed E-state index contributed by atoms with van der Waals surface area (Å²) in [5.74, 6) is -3.95. The third kappa shape index (κ3) is 3.77. The Kier molecular flexibility index (Phi) is 5.49. The Labute approximate surface area is 195 Å². The van der Waals surface area contributed by atoms with Gasteiger partial charge in [-0.2, -0.15) is 0 Å². The number of hydrogen-bond acceptors (Lipinski definition) is 4. The molecule has 0 spiro atoms. The van der Waals surface area contributed by atoms with E-state index >= 15 is 0 Å². The van der Waals surface area contributed by atoms with E-state index in [1.165, 1.54) is 0 Å². The zero-order valence-corrected chi connectivity index (χ0v) is 18.6. The number of thiazole rings is 1. The summed E-state index contributed by atoms with van der Waals surface area (Å²) in [6.07, 6.45) is 0. The van der Waals surface area contributed by atoms with Crippen LogP contribution in [0.1, 0.15) is 11.3 Å². The van der Waals surface area contributed by atoms with E-state index in [0.717, 1.165) is 16.9 Å². The molecular weight excluding hydrogens is 465 g/mol. The predicted molar refractivity (Wildman–Crippen MR) is 124 cm³/mol. The van der Waals surface area contributed by atoms with Crippen molar-refractivity contribution >= 4 is 38.4 Å². The average molecular weight is 482 g/mol. The van der Waals surface area contributed by atoms with E-state index in [1.54, 1.807) is 29.7 Å². The number of halogens is 3. The highest BCUT2D eigenvalue weighted by Gasteiger charge is 2.23. The number of aliphatic carboxylic acids is 1. The summed E-state index contributed by atoms with van der Waals surface area (Å²) in [7, 11) is 0. The average Bonchev–Trinajstić information content (AvgIpc) is 3.36. The summed E-state index contributed by atoms with van der Waals surface area (Å²) in [5, 5.41) is 10.3. The number of carbonyl (C=O) groups is 1. The molecular formula is C25H17F3N2O3S. The van der Waals surface area contributed by atoms with Crippen molar-refractivity contribution in [2.45, 2.75) is 20.1 Å². The number of benzene rings is 3. The van der Waals surface area contributed by atoms with E-state index in [2.05, 4.69) is 4.98 Å². The van der Waals surface area contributed by atoms with Gasteiger partial charge in [0.2, 0.25) is 0 Å². The Hall–Kier alpha value is -3.85. The van der Waals surface area contributed by atoms with Crippen LogP contribution in [0, 0.1) is 24.4 Å². The van der Waals surface area contributed by atoms with E-state index in [-0.39, 0.29) is 16.3 Å². The maximum Gasteiger partial charge on any atom is 0.323 e. The first-order chi connectivity index (χ1) is 16.3. The molecule has 0 amide bonds. The van der Waals surface area contributed by atoms with Crippen LogP contribution in [0.5, 0.6) is 5.75 Å². The minimum absolute atomic E-state index is 0.107. The van der Waals surface area contributed by atoms with Crippen LogP contribution in [0.2, 0.25) is 0 Å². The highest BCUT2D eigenvalue weighted by Crippen LogP contribution is 2.41. The van der Waals surface area contributed by atoms with Crippen molar-refractivity contribution < 1.29 is 27.8 Å². The Morgan fingerprint density at radius 2 is 1.85 bits per heavy atom. The first kappa shape index (κ1) is 22.0. The maximum atomic E-state index is 14.3. The molecule has 0 fully saturated rings. The quantitative estimate of drug-likeness (QED) is 0.288. The zero-order chi connectivity index (χ0) is 24.0. The molecule has 0 radical (unpaired) electrons. The topological polar surface area (TPSA) is 64.4 Å². The SMILES string of the molecule is Cc1c(-c2nc3c(F)c(F)cc(F)c3s2)c2cc(OCc3ccccc3)ccc2n1CC(=O)O. The monoisotopic (exact) mass is 482 g/mol. The molecule has 0 bridgehead atoms. The van der Waals surface area contributed by atoms with Crippen LogP contribution >= 0.6 is 11.3 Å². The van der Waals surface area contributed by atoms with Crippen LogP contribution in [0.15, 0.2) is 54.6 Å². The normalized spacial score (nSPS) is 11.4. The van der Waals surface area contributed by atoms with Gasteiger partial charge in [0.25, 0.3) is 0 Å². The van der Waals surface area contributed by atoms with Crippen LogP contribution < -0.4 is 4.74 Å². The second-order valence-electron chi connectivity index (χ2n) is 7.74. The fourth-order valence-corrected chi connectivity index (χ4v) is 5.07. The molecule has 3 aromatic carbocycles. The number of nitrogens with zero attached hydrogens (tertiary/aromatic N) is 2. The van der Waals surface area contributed by atoms with Crippen molar-refractivity contribution in [1.29, 1.82) is 0 Å². The molecule has 0 atom stereocenters. The lowest BCUT2D eigenvalue weighted by Gasteiger charge is -2.08. The number of fused-ring (bicyclic) bond motifs is 2.